The summed E-state index contributed by atoms with van der Waals surface area (Å²) >= 11 is 0. The summed E-state index contributed by atoms with van der Waals surface area (Å²) in [6.07, 6.45) is 10.6. The summed E-state index contributed by atoms with van der Waals surface area (Å²) in [5.41, 5.74) is 0. The van der Waals surface area contributed by atoms with Crippen LogP contribution < -0.4 is 5.32 Å². The largest absolute Gasteiger partial charge is 0.335 e. The molecular weight excluding hydrogens is 252 g/mol. The van der Waals surface area contributed by atoms with Gasteiger partial charge < -0.3 is 10.2 Å². The summed E-state index contributed by atoms with van der Waals surface area (Å²) in [7, 11) is 0. The van der Waals surface area contributed by atoms with Crippen molar-refractivity contribution in [2.45, 2.75) is 76.3 Å². The predicted octanol–water partition coefficient (Wildman–Crippen LogP) is 2.86. The van der Waals surface area contributed by atoms with Gasteiger partial charge in [0.1, 0.15) is 5.78 Å². The Bertz CT molecular complexity index is 377. The van der Waals surface area contributed by atoms with Gasteiger partial charge in [0.05, 0.1) is 0 Å². The molecule has 20 heavy (non-hydrogen) atoms. The molecule has 4 nitrogen and oxygen atoms in total. The smallest absolute Gasteiger partial charge is 0.317 e. The van der Waals surface area contributed by atoms with Gasteiger partial charge in [-0.2, -0.15) is 0 Å². The number of carbonyl (C=O) groups excluding carboxylic acids is 2. The van der Waals surface area contributed by atoms with Gasteiger partial charge in [-0.1, -0.05) is 19.3 Å². The van der Waals surface area contributed by atoms with E-state index in [0.29, 0.717) is 11.8 Å². The summed E-state index contributed by atoms with van der Waals surface area (Å²) in [5.74, 6) is 0.502. The topological polar surface area (TPSA) is 49.4 Å². The maximum Gasteiger partial charge on any atom is 0.317 e. The normalized spacial score (nSPS) is 31.8. The van der Waals surface area contributed by atoms with Gasteiger partial charge in [-0.25, -0.2) is 4.79 Å². The van der Waals surface area contributed by atoms with Crippen LogP contribution in [-0.2, 0) is 4.79 Å². The van der Waals surface area contributed by atoms with Crippen LogP contribution in [0.2, 0.25) is 0 Å². The first-order valence-electron chi connectivity index (χ1n) is 8.35. The van der Waals surface area contributed by atoms with E-state index in [0.717, 1.165) is 57.9 Å². The highest BCUT2D eigenvalue weighted by molar-refractivity contribution is 5.83. The van der Waals surface area contributed by atoms with Crippen molar-refractivity contribution in [3.63, 3.8) is 0 Å². The summed E-state index contributed by atoms with van der Waals surface area (Å²) in [6.45, 7) is 0.826. The molecule has 2 saturated carbocycles. The van der Waals surface area contributed by atoms with Crippen LogP contribution in [0.15, 0.2) is 0 Å². The van der Waals surface area contributed by atoms with E-state index >= 15 is 0 Å². The standard InChI is InChI=1S/C16H26N2O2/c19-15-10-4-3-8-13(15)14-9-5-11-18(14)16(20)17-12-6-1-2-7-12/h12-14H,1-11H2,(H,17,20). The number of rotatable bonds is 2. The fourth-order valence-corrected chi connectivity index (χ4v) is 4.21. The number of Topliss-reactive ketones (excluding diaryl/α,β-unsaturated/α-hetero) is 1. The van der Waals surface area contributed by atoms with E-state index in [1.807, 2.05) is 4.90 Å². The Morgan fingerprint density at radius 1 is 1.00 bits per heavy atom. The van der Waals surface area contributed by atoms with Crippen LogP contribution in [-0.4, -0.2) is 35.3 Å². The summed E-state index contributed by atoms with van der Waals surface area (Å²) in [5, 5.41) is 3.18. The summed E-state index contributed by atoms with van der Waals surface area (Å²) in [6, 6.07) is 0.618. The van der Waals surface area contributed by atoms with Gasteiger partial charge in [0, 0.05) is 31.0 Å². The Kier molecular flexibility index (Phi) is 4.27. The zero-order chi connectivity index (χ0) is 13.9. The molecule has 0 aromatic heterocycles. The van der Waals surface area contributed by atoms with Crippen molar-refractivity contribution >= 4 is 11.8 Å². The molecule has 0 aromatic carbocycles. The maximum absolute atomic E-state index is 12.5. The highest BCUT2D eigenvalue weighted by atomic mass is 16.2. The highest BCUT2D eigenvalue weighted by Gasteiger charge is 2.39. The van der Waals surface area contributed by atoms with Crippen LogP contribution in [0.3, 0.4) is 0 Å². The lowest BCUT2D eigenvalue weighted by Crippen LogP contribution is -2.50. The van der Waals surface area contributed by atoms with Crippen molar-refractivity contribution in [1.82, 2.24) is 10.2 Å². The number of urea groups is 1. The molecule has 0 bridgehead atoms. The molecule has 1 heterocycles. The van der Waals surface area contributed by atoms with E-state index in [2.05, 4.69) is 5.32 Å². The third kappa shape index (κ3) is 2.84. The van der Waals surface area contributed by atoms with Crippen LogP contribution in [0.1, 0.15) is 64.2 Å². The molecule has 2 unspecified atom stereocenters. The maximum atomic E-state index is 12.5. The van der Waals surface area contributed by atoms with Crippen LogP contribution in [0.5, 0.6) is 0 Å². The Labute approximate surface area is 121 Å². The Balaban J connectivity index is 1.62. The van der Waals surface area contributed by atoms with E-state index in [9.17, 15) is 9.59 Å². The van der Waals surface area contributed by atoms with Crippen LogP contribution in [0.25, 0.3) is 0 Å². The van der Waals surface area contributed by atoms with Crippen molar-refractivity contribution < 1.29 is 9.59 Å². The van der Waals surface area contributed by atoms with E-state index in [4.69, 9.17) is 0 Å². The zero-order valence-electron chi connectivity index (χ0n) is 12.3. The summed E-state index contributed by atoms with van der Waals surface area (Å²) < 4.78 is 0. The quantitative estimate of drug-likeness (QED) is 0.844. The molecule has 0 aromatic rings. The SMILES string of the molecule is O=C1CCCCC1C1CCCN1C(=O)NC1CCCC1. The lowest BCUT2D eigenvalue weighted by atomic mass is 9.82. The molecule has 0 radical (unpaired) electrons. The van der Waals surface area contributed by atoms with Crippen LogP contribution in [0.4, 0.5) is 4.79 Å². The second-order valence-corrected chi connectivity index (χ2v) is 6.65. The number of likely N-dealkylation sites (tertiary alicyclic amines) is 1. The van der Waals surface area contributed by atoms with Gasteiger partial charge in [0.25, 0.3) is 0 Å². The van der Waals surface area contributed by atoms with Gasteiger partial charge in [-0.05, 0) is 38.5 Å². The minimum absolute atomic E-state index is 0.0813. The fourth-order valence-electron chi connectivity index (χ4n) is 4.21. The Hall–Kier alpha value is -1.06. The number of nitrogens with one attached hydrogen (secondary N) is 1. The zero-order valence-corrected chi connectivity index (χ0v) is 12.3. The summed E-state index contributed by atoms with van der Waals surface area (Å²) in [4.78, 5) is 26.6. The predicted molar refractivity (Wildman–Crippen MR) is 77.5 cm³/mol. The number of hydrogen-bond donors (Lipinski definition) is 1. The van der Waals surface area contributed by atoms with Gasteiger partial charge in [-0.15, -0.1) is 0 Å². The molecule has 2 atom stereocenters. The average molecular weight is 278 g/mol. The van der Waals surface area contributed by atoms with Crippen molar-refractivity contribution in [3.05, 3.63) is 0 Å². The average Bonchev–Trinajstić information content (AvgIpc) is 3.09. The molecule has 0 spiro atoms. The van der Waals surface area contributed by atoms with Crippen molar-refractivity contribution in [3.8, 4) is 0 Å². The molecule has 2 aliphatic carbocycles. The molecule has 3 aliphatic rings. The second kappa shape index (κ2) is 6.15. The van der Waals surface area contributed by atoms with Gasteiger partial charge >= 0.3 is 6.03 Å². The van der Waals surface area contributed by atoms with Gasteiger partial charge in [0.2, 0.25) is 0 Å². The molecule has 112 valence electrons. The second-order valence-electron chi connectivity index (χ2n) is 6.65. The van der Waals surface area contributed by atoms with E-state index in [1.54, 1.807) is 0 Å². The van der Waals surface area contributed by atoms with Crippen molar-refractivity contribution in [2.24, 2.45) is 5.92 Å². The van der Waals surface area contributed by atoms with E-state index in [1.165, 1.54) is 12.8 Å². The van der Waals surface area contributed by atoms with E-state index in [-0.39, 0.29) is 18.0 Å². The molecule has 3 fully saturated rings. The highest BCUT2D eigenvalue weighted by Crippen LogP contribution is 2.32. The molecule has 1 aliphatic heterocycles. The first-order chi connectivity index (χ1) is 9.75. The van der Waals surface area contributed by atoms with Crippen LogP contribution >= 0.6 is 0 Å². The number of ketones is 1. The monoisotopic (exact) mass is 278 g/mol. The number of amides is 2. The Morgan fingerprint density at radius 2 is 1.75 bits per heavy atom. The van der Waals surface area contributed by atoms with Gasteiger partial charge in [0.15, 0.2) is 0 Å². The Morgan fingerprint density at radius 3 is 2.50 bits per heavy atom. The lowest BCUT2D eigenvalue weighted by Gasteiger charge is -2.33. The first kappa shape index (κ1) is 13.9. The van der Waals surface area contributed by atoms with E-state index < -0.39 is 0 Å². The number of nitrogens with zero attached hydrogens (tertiary/aromatic N) is 1. The molecule has 4 heteroatoms. The lowest BCUT2D eigenvalue weighted by molar-refractivity contribution is -0.126. The van der Waals surface area contributed by atoms with Crippen LogP contribution in [0, 0.1) is 5.92 Å². The molecule has 1 saturated heterocycles. The van der Waals surface area contributed by atoms with Crippen molar-refractivity contribution in [2.75, 3.05) is 6.54 Å². The molecule has 2 amide bonds. The minimum atomic E-state index is 0.0813. The third-order valence-corrected chi connectivity index (χ3v) is 5.31. The van der Waals surface area contributed by atoms with Gasteiger partial charge in [-0.3, -0.25) is 4.79 Å². The molecule has 3 rings (SSSR count). The first-order valence-corrected chi connectivity index (χ1v) is 8.35. The third-order valence-electron chi connectivity index (χ3n) is 5.31. The fraction of sp³-hybridized carbons (Fsp3) is 0.875. The van der Waals surface area contributed by atoms with Crippen molar-refractivity contribution in [1.29, 1.82) is 0 Å². The molecule has 1 N–H and O–H groups in total. The minimum Gasteiger partial charge on any atom is -0.335 e. The number of hydrogen-bond acceptors (Lipinski definition) is 2. The molecular formula is C16H26N2O2. The number of carbonyl (C=O) groups is 2.